The monoisotopic (exact) mass is 239 g/mol. The molecule has 1 aromatic heterocycles. The highest BCUT2D eigenvalue weighted by molar-refractivity contribution is 5.02. The van der Waals surface area contributed by atoms with E-state index in [0.717, 1.165) is 5.56 Å². The van der Waals surface area contributed by atoms with Crippen LogP contribution in [0.5, 0.6) is 0 Å². The second-order valence-corrected chi connectivity index (χ2v) is 5.34. The zero-order valence-corrected chi connectivity index (χ0v) is 10.9. The fraction of sp³-hybridized carbons (Fsp3) is 0.667. The number of β-amino-alcohol motifs (C(OH)–C–C–N with tert-alkyl or cyclic N) is 1. The van der Waals surface area contributed by atoms with Crippen LogP contribution in [0.2, 0.25) is 0 Å². The fourth-order valence-corrected chi connectivity index (χ4v) is 1.35. The van der Waals surface area contributed by atoms with Crippen molar-refractivity contribution in [3.8, 4) is 0 Å². The highest BCUT2D eigenvalue weighted by atomic mass is 16.3. The maximum absolute atomic E-state index is 11.5. The van der Waals surface area contributed by atoms with Gasteiger partial charge in [-0.15, -0.1) is 0 Å². The van der Waals surface area contributed by atoms with E-state index >= 15 is 0 Å². The van der Waals surface area contributed by atoms with Crippen molar-refractivity contribution < 1.29 is 5.11 Å². The second-order valence-electron chi connectivity index (χ2n) is 5.34. The van der Waals surface area contributed by atoms with Gasteiger partial charge in [0, 0.05) is 18.2 Å². The molecule has 1 heterocycles. The Balaban J connectivity index is 2.56. The van der Waals surface area contributed by atoms with Gasteiger partial charge < -0.3 is 10.4 Å². The van der Waals surface area contributed by atoms with Crippen molar-refractivity contribution in [3.05, 3.63) is 28.2 Å². The molecule has 0 amide bonds. The zero-order valence-electron chi connectivity index (χ0n) is 10.9. The molecule has 1 unspecified atom stereocenters. The Morgan fingerprint density at radius 1 is 1.53 bits per heavy atom. The van der Waals surface area contributed by atoms with Gasteiger partial charge in [-0.25, -0.2) is 4.68 Å². The number of rotatable bonds is 4. The van der Waals surface area contributed by atoms with Crippen LogP contribution in [0.15, 0.2) is 17.1 Å². The minimum absolute atomic E-state index is 0.0490. The van der Waals surface area contributed by atoms with Crippen LogP contribution in [-0.2, 0) is 6.54 Å². The van der Waals surface area contributed by atoms with Crippen molar-refractivity contribution in [2.24, 2.45) is 0 Å². The first-order chi connectivity index (χ1) is 7.78. The predicted molar refractivity (Wildman–Crippen MR) is 67.0 cm³/mol. The molecule has 17 heavy (non-hydrogen) atoms. The number of hydrogen-bond acceptors (Lipinski definition) is 4. The number of aliphatic hydroxyl groups is 1. The highest BCUT2D eigenvalue weighted by Gasteiger charge is 2.13. The Labute approximate surface area is 101 Å². The summed E-state index contributed by atoms with van der Waals surface area (Å²) >= 11 is 0. The first-order valence-corrected chi connectivity index (χ1v) is 5.75. The first kappa shape index (κ1) is 13.9. The topological polar surface area (TPSA) is 67.2 Å². The molecule has 1 aromatic rings. The summed E-state index contributed by atoms with van der Waals surface area (Å²) < 4.78 is 1.28. The third-order valence-corrected chi connectivity index (χ3v) is 2.26. The van der Waals surface area contributed by atoms with Gasteiger partial charge in [-0.05, 0) is 33.3 Å². The van der Waals surface area contributed by atoms with E-state index in [1.165, 1.54) is 10.7 Å². The van der Waals surface area contributed by atoms with Gasteiger partial charge in [-0.3, -0.25) is 4.79 Å². The van der Waals surface area contributed by atoms with Crippen molar-refractivity contribution in [1.82, 2.24) is 15.1 Å². The largest absolute Gasteiger partial charge is 0.390 e. The van der Waals surface area contributed by atoms with Crippen LogP contribution in [0.4, 0.5) is 0 Å². The quantitative estimate of drug-likeness (QED) is 0.793. The summed E-state index contributed by atoms with van der Waals surface area (Å²) in [4.78, 5) is 11.5. The minimum Gasteiger partial charge on any atom is -0.390 e. The van der Waals surface area contributed by atoms with Crippen LogP contribution < -0.4 is 10.9 Å². The molecule has 0 aliphatic rings. The van der Waals surface area contributed by atoms with Gasteiger partial charge in [0.05, 0.1) is 18.8 Å². The molecule has 0 saturated heterocycles. The smallest absolute Gasteiger partial charge is 0.267 e. The van der Waals surface area contributed by atoms with Crippen LogP contribution in [0, 0.1) is 6.92 Å². The van der Waals surface area contributed by atoms with Crippen molar-refractivity contribution in [2.45, 2.75) is 45.9 Å². The average Bonchev–Trinajstić information content (AvgIpc) is 2.18. The lowest BCUT2D eigenvalue weighted by molar-refractivity contribution is 0.135. The normalized spacial score (nSPS) is 13.7. The molecule has 2 N–H and O–H groups in total. The second kappa shape index (κ2) is 5.42. The summed E-state index contributed by atoms with van der Waals surface area (Å²) in [6.45, 7) is 8.53. The van der Waals surface area contributed by atoms with E-state index in [1.54, 1.807) is 6.20 Å². The van der Waals surface area contributed by atoms with Crippen molar-refractivity contribution in [2.75, 3.05) is 6.54 Å². The summed E-state index contributed by atoms with van der Waals surface area (Å²) in [6.07, 6.45) is 0.993. The SMILES string of the molecule is Cc1cnn(CC(O)CNC(C)(C)C)c(=O)c1. The minimum atomic E-state index is -0.623. The van der Waals surface area contributed by atoms with Crippen LogP contribution in [0.25, 0.3) is 0 Å². The predicted octanol–water partition coefficient (Wildman–Crippen LogP) is 0.301. The van der Waals surface area contributed by atoms with Crippen LogP contribution in [0.1, 0.15) is 26.3 Å². The third kappa shape index (κ3) is 5.10. The lowest BCUT2D eigenvalue weighted by Crippen LogP contribution is -2.43. The van der Waals surface area contributed by atoms with E-state index < -0.39 is 6.10 Å². The molecule has 0 spiro atoms. The lowest BCUT2D eigenvalue weighted by atomic mass is 10.1. The molecular weight excluding hydrogens is 218 g/mol. The Hall–Kier alpha value is -1.20. The molecule has 1 atom stereocenters. The lowest BCUT2D eigenvalue weighted by Gasteiger charge is -2.22. The molecule has 5 nitrogen and oxygen atoms in total. The fourth-order valence-electron chi connectivity index (χ4n) is 1.35. The molecule has 0 saturated carbocycles. The maximum atomic E-state index is 11.5. The number of nitrogens with one attached hydrogen (secondary N) is 1. The van der Waals surface area contributed by atoms with E-state index in [9.17, 15) is 9.90 Å². The van der Waals surface area contributed by atoms with E-state index in [0.29, 0.717) is 6.54 Å². The summed E-state index contributed by atoms with van der Waals surface area (Å²) in [7, 11) is 0. The molecule has 1 rings (SSSR count). The summed E-state index contributed by atoms with van der Waals surface area (Å²) in [5.41, 5.74) is 0.598. The molecule has 0 aliphatic carbocycles. The van der Waals surface area contributed by atoms with Crippen LogP contribution in [0.3, 0.4) is 0 Å². The summed E-state index contributed by atoms with van der Waals surface area (Å²) in [6, 6.07) is 1.51. The molecule has 0 aliphatic heterocycles. The maximum Gasteiger partial charge on any atom is 0.267 e. The van der Waals surface area contributed by atoms with Crippen molar-refractivity contribution in [1.29, 1.82) is 0 Å². The molecular formula is C12H21N3O2. The molecule has 0 fully saturated rings. The van der Waals surface area contributed by atoms with Crippen molar-refractivity contribution in [3.63, 3.8) is 0 Å². The number of aliphatic hydroxyl groups excluding tert-OH is 1. The molecule has 0 radical (unpaired) electrons. The Morgan fingerprint density at radius 2 is 2.18 bits per heavy atom. The number of aromatic nitrogens is 2. The van der Waals surface area contributed by atoms with E-state index in [4.69, 9.17) is 0 Å². The molecule has 5 heteroatoms. The zero-order chi connectivity index (χ0) is 13.1. The Kier molecular flexibility index (Phi) is 4.42. The van der Waals surface area contributed by atoms with E-state index in [2.05, 4.69) is 10.4 Å². The highest BCUT2D eigenvalue weighted by Crippen LogP contribution is 1.99. The Morgan fingerprint density at radius 3 is 2.71 bits per heavy atom. The summed E-state index contributed by atoms with van der Waals surface area (Å²) in [5, 5.41) is 17.0. The molecule has 0 aromatic carbocycles. The molecule has 96 valence electrons. The van der Waals surface area contributed by atoms with Crippen molar-refractivity contribution >= 4 is 0 Å². The van der Waals surface area contributed by atoms with Gasteiger partial charge in [0.2, 0.25) is 0 Å². The summed E-state index contributed by atoms with van der Waals surface area (Å²) in [5.74, 6) is 0. The number of nitrogens with zero attached hydrogens (tertiary/aromatic N) is 2. The van der Waals surface area contributed by atoms with Crippen LogP contribution in [-0.4, -0.2) is 33.1 Å². The standard InChI is InChI=1S/C12H21N3O2/c1-9-5-11(17)15(14-6-9)8-10(16)7-13-12(2,3)4/h5-6,10,13,16H,7-8H2,1-4H3. The number of hydrogen-bond donors (Lipinski definition) is 2. The van der Waals surface area contributed by atoms with E-state index in [1.807, 2.05) is 27.7 Å². The average molecular weight is 239 g/mol. The van der Waals surface area contributed by atoms with Gasteiger partial charge in [-0.2, -0.15) is 5.10 Å². The van der Waals surface area contributed by atoms with Gasteiger partial charge in [0.15, 0.2) is 0 Å². The van der Waals surface area contributed by atoms with E-state index in [-0.39, 0.29) is 17.6 Å². The van der Waals surface area contributed by atoms with Crippen LogP contribution >= 0.6 is 0 Å². The Bertz CT molecular complexity index is 420. The first-order valence-electron chi connectivity index (χ1n) is 5.75. The molecule has 0 bridgehead atoms. The van der Waals surface area contributed by atoms with Gasteiger partial charge in [0.1, 0.15) is 0 Å². The number of aryl methyl sites for hydroxylation is 1. The van der Waals surface area contributed by atoms with Gasteiger partial charge in [-0.1, -0.05) is 0 Å². The third-order valence-electron chi connectivity index (χ3n) is 2.26. The van der Waals surface area contributed by atoms with Gasteiger partial charge in [0.25, 0.3) is 5.56 Å². The van der Waals surface area contributed by atoms with Gasteiger partial charge >= 0.3 is 0 Å².